The molecule has 0 saturated heterocycles. The summed E-state index contributed by atoms with van der Waals surface area (Å²) in [6.07, 6.45) is 5.36. The molecule has 0 radical (unpaired) electrons. The van der Waals surface area contributed by atoms with E-state index in [4.69, 9.17) is 0 Å². The Morgan fingerprint density at radius 1 is 1.22 bits per heavy atom. The van der Waals surface area contributed by atoms with Gasteiger partial charge < -0.3 is 5.11 Å². The van der Waals surface area contributed by atoms with E-state index in [0.29, 0.717) is 17.7 Å². The van der Waals surface area contributed by atoms with Crippen LogP contribution in [0.15, 0.2) is 24.3 Å². The van der Waals surface area contributed by atoms with Crippen LogP contribution >= 0.6 is 0 Å². The molecule has 0 aliphatic heterocycles. The lowest BCUT2D eigenvalue weighted by molar-refractivity contribution is 0.167. The van der Waals surface area contributed by atoms with Gasteiger partial charge in [0, 0.05) is 24.7 Å². The molecule has 1 fully saturated rings. The molecule has 0 heterocycles. The number of hydrogen-bond acceptors (Lipinski definition) is 2. The molecule has 2 heteroatoms. The van der Waals surface area contributed by atoms with E-state index in [1.807, 2.05) is 18.2 Å². The highest BCUT2D eigenvalue weighted by molar-refractivity contribution is 5.31. The average Bonchev–Trinajstić information content (AvgIpc) is 2.84. The van der Waals surface area contributed by atoms with Crippen molar-refractivity contribution in [1.82, 2.24) is 4.90 Å². The fourth-order valence-electron chi connectivity index (χ4n) is 2.94. The van der Waals surface area contributed by atoms with Gasteiger partial charge in [0.1, 0.15) is 5.75 Å². The Kier molecular flexibility index (Phi) is 4.65. The van der Waals surface area contributed by atoms with Crippen LogP contribution in [-0.2, 0) is 6.54 Å². The third-order valence-electron chi connectivity index (χ3n) is 3.81. The van der Waals surface area contributed by atoms with Gasteiger partial charge in [-0.15, -0.1) is 0 Å². The van der Waals surface area contributed by atoms with Gasteiger partial charge in [0.2, 0.25) is 0 Å². The van der Waals surface area contributed by atoms with Crippen LogP contribution < -0.4 is 0 Å². The van der Waals surface area contributed by atoms with Crippen LogP contribution in [0.3, 0.4) is 0 Å². The zero-order valence-corrected chi connectivity index (χ0v) is 11.6. The van der Waals surface area contributed by atoms with Gasteiger partial charge in [-0.2, -0.15) is 0 Å². The highest BCUT2D eigenvalue weighted by atomic mass is 16.3. The third kappa shape index (κ3) is 3.49. The molecule has 18 heavy (non-hydrogen) atoms. The summed E-state index contributed by atoms with van der Waals surface area (Å²) in [6.45, 7) is 6.55. The Bertz CT molecular complexity index is 369. The van der Waals surface area contributed by atoms with Crippen LogP contribution in [0.1, 0.15) is 45.1 Å². The molecule has 1 aromatic rings. The molecule has 2 rings (SSSR count). The van der Waals surface area contributed by atoms with Crippen LogP contribution in [0.5, 0.6) is 5.75 Å². The van der Waals surface area contributed by atoms with E-state index < -0.39 is 0 Å². The molecule has 0 atom stereocenters. The van der Waals surface area contributed by atoms with Crippen molar-refractivity contribution in [1.29, 1.82) is 0 Å². The van der Waals surface area contributed by atoms with E-state index in [1.54, 1.807) is 6.07 Å². The molecule has 1 aliphatic carbocycles. The quantitative estimate of drug-likeness (QED) is 0.855. The summed E-state index contributed by atoms with van der Waals surface area (Å²) in [7, 11) is 0. The predicted octanol–water partition coefficient (Wildman–Crippen LogP) is 3.79. The number of benzene rings is 1. The first-order valence-electron chi connectivity index (χ1n) is 7.17. The monoisotopic (exact) mass is 247 g/mol. The van der Waals surface area contributed by atoms with Crippen LogP contribution in [-0.4, -0.2) is 22.6 Å². The zero-order chi connectivity index (χ0) is 13.0. The molecule has 1 N–H and O–H groups in total. The van der Waals surface area contributed by atoms with E-state index in [1.165, 1.54) is 25.7 Å². The van der Waals surface area contributed by atoms with Gasteiger partial charge in [0.15, 0.2) is 0 Å². The van der Waals surface area contributed by atoms with Crippen LogP contribution in [0.4, 0.5) is 0 Å². The lowest BCUT2D eigenvalue weighted by Gasteiger charge is -2.30. The minimum absolute atomic E-state index is 0.434. The summed E-state index contributed by atoms with van der Waals surface area (Å²) >= 11 is 0. The summed E-state index contributed by atoms with van der Waals surface area (Å²) in [5.41, 5.74) is 1.06. The largest absolute Gasteiger partial charge is 0.508 e. The molecule has 0 amide bonds. The molecule has 2 nitrogen and oxygen atoms in total. The maximum absolute atomic E-state index is 9.91. The van der Waals surface area contributed by atoms with E-state index >= 15 is 0 Å². The second kappa shape index (κ2) is 6.24. The second-order valence-corrected chi connectivity index (χ2v) is 5.89. The molecule has 0 spiro atoms. The summed E-state index contributed by atoms with van der Waals surface area (Å²) < 4.78 is 0. The van der Waals surface area contributed by atoms with Gasteiger partial charge >= 0.3 is 0 Å². The molecule has 1 saturated carbocycles. The van der Waals surface area contributed by atoms with Crippen molar-refractivity contribution in [2.45, 2.75) is 52.1 Å². The molecule has 1 aromatic carbocycles. The number of rotatable bonds is 5. The summed E-state index contributed by atoms with van der Waals surface area (Å²) in [5, 5.41) is 9.91. The van der Waals surface area contributed by atoms with Crippen molar-refractivity contribution in [3.8, 4) is 5.75 Å². The molecule has 0 unspecified atom stereocenters. The standard InChI is InChI=1S/C16H25NO/c1-13(2)11-17(15-8-4-5-9-15)12-14-7-3-6-10-16(14)18/h3,6-7,10,13,15,18H,4-5,8-9,11-12H2,1-2H3. The predicted molar refractivity (Wildman–Crippen MR) is 75.6 cm³/mol. The SMILES string of the molecule is CC(C)CN(Cc1ccccc1O)C1CCCC1. The number of phenolic OH excluding ortho intramolecular Hbond substituents is 1. The number of nitrogens with zero attached hydrogens (tertiary/aromatic N) is 1. The fourth-order valence-corrected chi connectivity index (χ4v) is 2.94. The van der Waals surface area contributed by atoms with Gasteiger partial charge in [-0.1, -0.05) is 44.9 Å². The maximum atomic E-state index is 9.91. The zero-order valence-electron chi connectivity index (χ0n) is 11.6. The first kappa shape index (κ1) is 13.4. The Hall–Kier alpha value is -1.02. The number of phenols is 1. The summed E-state index contributed by atoms with van der Waals surface area (Å²) in [4.78, 5) is 2.56. The lowest BCUT2D eigenvalue weighted by Crippen LogP contribution is -2.35. The third-order valence-corrected chi connectivity index (χ3v) is 3.81. The number of hydrogen-bond donors (Lipinski definition) is 1. The Morgan fingerprint density at radius 2 is 1.89 bits per heavy atom. The first-order valence-corrected chi connectivity index (χ1v) is 7.17. The second-order valence-electron chi connectivity index (χ2n) is 5.89. The van der Waals surface area contributed by atoms with Crippen LogP contribution in [0, 0.1) is 5.92 Å². The van der Waals surface area contributed by atoms with Gasteiger partial charge in [-0.05, 0) is 24.8 Å². The molecule has 100 valence electrons. The molecule has 0 bridgehead atoms. The van der Waals surface area contributed by atoms with E-state index in [0.717, 1.165) is 18.7 Å². The Labute approximate surface area is 111 Å². The van der Waals surface area contributed by atoms with Crippen molar-refractivity contribution in [3.05, 3.63) is 29.8 Å². The highest BCUT2D eigenvalue weighted by Gasteiger charge is 2.23. The van der Waals surface area contributed by atoms with Gasteiger partial charge in [0.25, 0.3) is 0 Å². The Balaban J connectivity index is 2.06. The minimum atomic E-state index is 0.434. The molecule has 0 aromatic heterocycles. The fraction of sp³-hybridized carbons (Fsp3) is 0.625. The summed E-state index contributed by atoms with van der Waals surface area (Å²) in [6, 6.07) is 8.44. The van der Waals surface area contributed by atoms with Crippen LogP contribution in [0.25, 0.3) is 0 Å². The number of aromatic hydroxyl groups is 1. The van der Waals surface area contributed by atoms with Gasteiger partial charge in [-0.3, -0.25) is 4.90 Å². The van der Waals surface area contributed by atoms with Gasteiger partial charge in [0.05, 0.1) is 0 Å². The Morgan fingerprint density at radius 3 is 2.50 bits per heavy atom. The normalized spacial score (nSPS) is 16.9. The average molecular weight is 247 g/mol. The molecule has 1 aliphatic rings. The minimum Gasteiger partial charge on any atom is -0.508 e. The van der Waals surface area contributed by atoms with E-state index in [2.05, 4.69) is 18.7 Å². The van der Waals surface area contributed by atoms with Crippen molar-refractivity contribution in [3.63, 3.8) is 0 Å². The van der Waals surface area contributed by atoms with Crippen molar-refractivity contribution in [2.75, 3.05) is 6.54 Å². The summed E-state index contributed by atoms with van der Waals surface area (Å²) in [5.74, 6) is 1.11. The molecular formula is C16H25NO. The van der Waals surface area contributed by atoms with E-state index in [9.17, 15) is 5.11 Å². The van der Waals surface area contributed by atoms with Crippen molar-refractivity contribution >= 4 is 0 Å². The van der Waals surface area contributed by atoms with Gasteiger partial charge in [-0.25, -0.2) is 0 Å². The van der Waals surface area contributed by atoms with Crippen LogP contribution in [0.2, 0.25) is 0 Å². The highest BCUT2D eigenvalue weighted by Crippen LogP contribution is 2.27. The van der Waals surface area contributed by atoms with Crippen molar-refractivity contribution in [2.24, 2.45) is 5.92 Å². The van der Waals surface area contributed by atoms with E-state index in [-0.39, 0.29) is 0 Å². The topological polar surface area (TPSA) is 23.5 Å². The molecular weight excluding hydrogens is 222 g/mol. The first-order chi connectivity index (χ1) is 8.66. The maximum Gasteiger partial charge on any atom is 0.120 e. The number of para-hydroxylation sites is 1. The van der Waals surface area contributed by atoms with Crippen molar-refractivity contribution < 1.29 is 5.11 Å². The smallest absolute Gasteiger partial charge is 0.120 e. The lowest BCUT2D eigenvalue weighted by atomic mass is 10.1.